The molecule has 2 unspecified atom stereocenters. The first-order valence-electron chi connectivity index (χ1n) is 8.21. The standard InChI is InChI=1S/C16H33O3P/c1-3-4-5-6-7-8-9-10-11-12-13-18-16(17)14-15(2)19-20/h15H,3-14,20H2,1-2H3. The molecular formula is C16H33O3P. The van der Waals surface area contributed by atoms with Crippen LogP contribution < -0.4 is 0 Å². The number of carbonyl (C=O) groups excluding carboxylic acids is 1. The van der Waals surface area contributed by atoms with Gasteiger partial charge in [-0.1, -0.05) is 64.7 Å². The van der Waals surface area contributed by atoms with E-state index in [2.05, 4.69) is 16.4 Å². The van der Waals surface area contributed by atoms with Crippen molar-refractivity contribution in [1.82, 2.24) is 0 Å². The summed E-state index contributed by atoms with van der Waals surface area (Å²) in [6.07, 6.45) is 13.2. The molecule has 4 heteroatoms. The first kappa shape index (κ1) is 19.9. The molecule has 0 aliphatic rings. The zero-order chi connectivity index (χ0) is 15.1. The fraction of sp³-hybridized carbons (Fsp3) is 0.938. The fourth-order valence-electron chi connectivity index (χ4n) is 2.12. The van der Waals surface area contributed by atoms with Crippen LogP contribution in [0.2, 0.25) is 0 Å². The Morgan fingerprint density at radius 3 is 1.95 bits per heavy atom. The van der Waals surface area contributed by atoms with Crippen molar-refractivity contribution in [3.05, 3.63) is 0 Å². The van der Waals surface area contributed by atoms with Crippen molar-refractivity contribution in [2.75, 3.05) is 6.61 Å². The van der Waals surface area contributed by atoms with E-state index in [1.54, 1.807) is 0 Å². The molecule has 0 N–H and O–H groups in total. The Kier molecular flexibility index (Phi) is 15.1. The number of rotatable bonds is 14. The van der Waals surface area contributed by atoms with Gasteiger partial charge < -0.3 is 9.26 Å². The van der Waals surface area contributed by atoms with E-state index in [0.717, 1.165) is 12.8 Å². The number of unbranched alkanes of at least 4 members (excludes halogenated alkanes) is 9. The van der Waals surface area contributed by atoms with Crippen LogP contribution in [0.1, 0.15) is 84.5 Å². The molecule has 0 saturated heterocycles. The molecule has 0 aromatic rings. The van der Waals surface area contributed by atoms with Crippen molar-refractivity contribution >= 4 is 15.4 Å². The van der Waals surface area contributed by atoms with E-state index in [1.807, 2.05) is 6.92 Å². The number of hydrogen-bond donors (Lipinski definition) is 0. The maximum Gasteiger partial charge on any atom is 0.308 e. The Labute approximate surface area is 127 Å². The summed E-state index contributed by atoms with van der Waals surface area (Å²) in [7, 11) is 2.17. The van der Waals surface area contributed by atoms with Gasteiger partial charge >= 0.3 is 5.97 Å². The lowest BCUT2D eigenvalue weighted by molar-refractivity contribution is -0.145. The van der Waals surface area contributed by atoms with Crippen molar-refractivity contribution in [3.63, 3.8) is 0 Å². The van der Waals surface area contributed by atoms with Crippen molar-refractivity contribution in [3.8, 4) is 0 Å². The van der Waals surface area contributed by atoms with Gasteiger partial charge in [0, 0.05) is 9.47 Å². The van der Waals surface area contributed by atoms with Crippen LogP contribution in [0, 0.1) is 0 Å². The maximum atomic E-state index is 11.4. The lowest BCUT2D eigenvalue weighted by atomic mass is 10.1. The first-order chi connectivity index (χ1) is 9.70. The van der Waals surface area contributed by atoms with Crippen LogP contribution in [-0.4, -0.2) is 18.7 Å². The molecule has 0 radical (unpaired) electrons. The third-order valence-corrected chi connectivity index (χ3v) is 3.91. The van der Waals surface area contributed by atoms with E-state index in [-0.39, 0.29) is 12.1 Å². The largest absolute Gasteiger partial charge is 0.466 e. The Morgan fingerprint density at radius 2 is 1.45 bits per heavy atom. The molecule has 0 aliphatic carbocycles. The molecular weight excluding hydrogens is 271 g/mol. The number of ether oxygens (including phenoxy) is 1. The summed E-state index contributed by atoms with van der Waals surface area (Å²) >= 11 is 0. The zero-order valence-electron chi connectivity index (χ0n) is 13.4. The summed E-state index contributed by atoms with van der Waals surface area (Å²) in [6, 6.07) is 0. The lowest BCUT2D eigenvalue weighted by Gasteiger charge is -2.08. The summed E-state index contributed by atoms with van der Waals surface area (Å²) in [5.41, 5.74) is 0. The molecule has 3 nitrogen and oxygen atoms in total. The van der Waals surface area contributed by atoms with Gasteiger partial charge in [-0.25, -0.2) is 0 Å². The molecule has 2 atom stereocenters. The number of hydrogen-bond acceptors (Lipinski definition) is 3. The summed E-state index contributed by atoms with van der Waals surface area (Å²) in [5, 5.41) is 0. The van der Waals surface area contributed by atoms with E-state index >= 15 is 0 Å². The Morgan fingerprint density at radius 1 is 0.950 bits per heavy atom. The first-order valence-corrected chi connectivity index (χ1v) is 8.69. The summed E-state index contributed by atoms with van der Waals surface area (Å²) < 4.78 is 10.1. The van der Waals surface area contributed by atoms with Gasteiger partial charge in [-0.2, -0.15) is 0 Å². The molecule has 0 rings (SSSR count). The molecule has 120 valence electrons. The molecule has 0 fully saturated rings. The molecule has 0 saturated carbocycles. The Bertz CT molecular complexity index is 222. The molecule has 0 aromatic carbocycles. The Hall–Kier alpha value is -0.140. The average molecular weight is 304 g/mol. The highest BCUT2D eigenvalue weighted by atomic mass is 31.0. The van der Waals surface area contributed by atoms with Crippen molar-refractivity contribution < 1.29 is 14.1 Å². The quantitative estimate of drug-likeness (QED) is 0.256. The van der Waals surface area contributed by atoms with Gasteiger partial charge in [0.05, 0.1) is 19.1 Å². The molecule has 20 heavy (non-hydrogen) atoms. The SMILES string of the molecule is CCCCCCCCCCCCOC(=O)CC(C)OP. The van der Waals surface area contributed by atoms with Gasteiger partial charge in [0.1, 0.15) is 0 Å². The van der Waals surface area contributed by atoms with Gasteiger partial charge in [-0.3, -0.25) is 4.79 Å². The van der Waals surface area contributed by atoms with Gasteiger partial charge in [-0.15, -0.1) is 0 Å². The van der Waals surface area contributed by atoms with E-state index in [1.165, 1.54) is 51.4 Å². The van der Waals surface area contributed by atoms with Crippen molar-refractivity contribution in [2.45, 2.75) is 90.6 Å². The highest BCUT2D eigenvalue weighted by molar-refractivity contribution is 7.09. The van der Waals surface area contributed by atoms with E-state index in [0.29, 0.717) is 13.0 Å². The highest BCUT2D eigenvalue weighted by Gasteiger charge is 2.08. The molecule has 0 heterocycles. The van der Waals surface area contributed by atoms with E-state index in [9.17, 15) is 4.79 Å². The molecule has 0 aromatic heterocycles. The topological polar surface area (TPSA) is 35.5 Å². The smallest absolute Gasteiger partial charge is 0.308 e. The zero-order valence-corrected chi connectivity index (χ0v) is 14.5. The molecule has 0 amide bonds. The van der Waals surface area contributed by atoms with E-state index < -0.39 is 0 Å². The third kappa shape index (κ3) is 14.3. The maximum absolute atomic E-state index is 11.4. The summed E-state index contributed by atoms with van der Waals surface area (Å²) in [4.78, 5) is 11.4. The predicted molar refractivity (Wildman–Crippen MR) is 87.7 cm³/mol. The highest BCUT2D eigenvalue weighted by Crippen LogP contribution is 2.10. The fourth-order valence-corrected chi connectivity index (χ4v) is 2.21. The lowest BCUT2D eigenvalue weighted by Crippen LogP contribution is -2.13. The van der Waals surface area contributed by atoms with Crippen LogP contribution in [0.25, 0.3) is 0 Å². The minimum Gasteiger partial charge on any atom is -0.466 e. The molecule has 0 bridgehead atoms. The van der Waals surface area contributed by atoms with Gasteiger partial charge in [0.15, 0.2) is 0 Å². The average Bonchev–Trinajstić information content (AvgIpc) is 2.44. The Balaban J connectivity index is 3.14. The van der Waals surface area contributed by atoms with Crippen molar-refractivity contribution in [2.24, 2.45) is 0 Å². The van der Waals surface area contributed by atoms with Crippen LogP contribution in [0.15, 0.2) is 0 Å². The van der Waals surface area contributed by atoms with Crippen LogP contribution in [0.4, 0.5) is 0 Å². The van der Waals surface area contributed by atoms with Crippen LogP contribution in [0.5, 0.6) is 0 Å². The van der Waals surface area contributed by atoms with Crippen LogP contribution in [-0.2, 0) is 14.1 Å². The van der Waals surface area contributed by atoms with Crippen LogP contribution >= 0.6 is 9.47 Å². The normalized spacial score (nSPS) is 12.3. The second-order valence-electron chi connectivity index (χ2n) is 5.55. The third-order valence-electron chi connectivity index (χ3n) is 3.45. The minimum atomic E-state index is -0.157. The van der Waals surface area contributed by atoms with Gasteiger partial charge in [0.2, 0.25) is 0 Å². The number of carbonyl (C=O) groups is 1. The minimum absolute atomic E-state index is 0.0831. The summed E-state index contributed by atoms with van der Waals surface area (Å²) in [6.45, 7) is 4.66. The van der Waals surface area contributed by atoms with Crippen molar-refractivity contribution in [1.29, 1.82) is 0 Å². The van der Waals surface area contributed by atoms with E-state index in [4.69, 9.17) is 9.26 Å². The predicted octanol–water partition coefficient (Wildman–Crippen LogP) is 5.04. The van der Waals surface area contributed by atoms with Crippen LogP contribution in [0.3, 0.4) is 0 Å². The molecule has 0 aliphatic heterocycles. The number of esters is 1. The second-order valence-corrected chi connectivity index (χ2v) is 5.83. The van der Waals surface area contributed by atoms with Gasteiger partial charge in [0.25, 0.3) is 0 Å². The van der Waals surface area contributed by atoms with Gasteiger partial charge in [-0.05, 0) is 13.3 Å². The monoisotopic (exact) mass is 304 g/mol. The molecule has 0 spiro atoms. The second kappa shape index (κ2) is 15.3. The summed E-state index contributed by atoms with van der Waals surface area (Å²) in [5.74, 6) is -0.157.